The van der Waals surface area contributed by atoms with E-state index in [1.54, 1.807) is 13.0 Å². The van der Waals surface area contributed by atoms with E-state index in [0.717, 1.165) is 5.56 Å². The summed E-state index contributed by atoms with van der Waals surface area (Å²) in [6, 6.07) is 9.77. The molecule has 3 heteroatoms. The number of carbonyl (C=O) groups is 1. The first-order valence-electron chi connectivity index (χ1n) is 5.66. The summed E-state index contributed by atoms with van der Waals surface area (Å²) in [6.07, 6.45) is 2.01. The fourth-order valence-electron chi connectivity index (χ4n) is 1.80. The highest BCUT2D eigenvalue weighted by Crippen LogP contribution is 2.19. The maximum Gasteiger partial charge on any atom is 0.323 e. The van der Waals surface area contributed by atoms with E-state index in [-0.39, 0.29) is 6.04 Å². The molecular weight excluding hydrogens is 214 g/mol. The van der Waals surface area contributed by atoms with Gasteiger partial charge in [0.2, 0.25) is 0 Å². The molecule has 0 aromatic heterocycles. The summed E-state index contributed by atoms with van der Waals surface area (Å²) in [5.74, 6) is -0.861. The Morgan fingerprint density at radius 1 is 1.53 bits per heavy atom. The summed E-state index contributed by atoms with van der Waals surface area (Å²) in [7, 11) is 0. The predicted octanol–water partition coefficient (Wildman–Crippen LogP) is 2.76. The molecule has 0 heterocycles. The predicted molar refractivity (Wildman–Crippen MR) is 68.8 cm³/mol. The Balaban J connectivity index is 2.81. The van der Waals surface area contributed by atoms with Crippen molar-refractivity contribution >= 4 is 5.97 Å². The van der Waals surface area contributed by atoms with Gasteiger partial charge in [-0.25, -0.2) is 0 Å². The molecule has 0 amide bonds. The second-order valence-corrected chi connectivity index (χ2v) is 4.41. The van der Waals surface area contributed by atoms with Gasteiger partial charge in [-0.3, -0.25) is 10.1 Å². The zero-order valence-electron chi connectivity index (χ0n) is 10.3. The summed E-state index contributed by atoms with van der Waals surface area (Å²) in [5.41, 5.74) is 0.0980. The van der Waals surface area contributed by atoms with Gasteiger partial charge in [-0.2, -0.15) is 0 Å². The quantitative estimate of drug-likeness (QED) is 0.743. The minimum Gasteiger partial charge on any atom is -0.480 e. The van der Waals surface area contributed by atoms with Crippen LogP contribution in [0.2, 0.25) is 0 Å². The van der Waals surface area contributed by atoms with Crippen molar-refractivity contribution < 1.29 is 9.90 Å². The number of nitrogens with one attached hydrogen (secondary N) is 1. The van der Waals surface area contributed by atoms with Gasteiger partial charge in [-0.15, -0.1) is 6.58 Å². The molecule has 2 atom stereocenters. The third kappa shape index (κ3) is 3.43. The lowest BCUT2D eigenvalue weighted by Gasteiger charge is -2.29. The third-order valence-corrected chi connectivity index (χ3v) is 2.86. The van der Waals surface area contributed by atoms with Crippen molar-refractivity contribution in [2.75, 3.05) is 0 Å². The van der Waals surface area contributed by atoms with Crippen molar-refractivity contribution in [1.29, 1.82) is 0 Å². The average Bonchev–Trinajstić information content (AvgIpc) is 2.30. The van der Waals surface area contributed by atoms with Crippen molar-refractivity contribution in [2.24, 2.45) is 0 Å². The zero-order chi connectivity index (χ0) is 12.9. The van der Waals surface area contributed by atoms with Crippen LogP contribution in [0.1, 0.15) is 31.9 Å². The molecular formula is C14H19NO2. The molecule has 0 unspecified atom stereocenters. The number of carboxylic acids is 1. The fourth-order valence-corrected chi connectivity index (χ4v) is 1.80. The largest absolute Gasteiger partial charge is 0.480 e. The number of hydrogen-bond donors (Lipinski definition) is 2. The number of benzene rings is 1. The van der Waals surface area contributed by atoms with Gasteiger partial charge in [-0.05, 0) is 25.8 Å². The van der Waals surface area contributed by atoms with Gasteiger partial charge in [-0.1, -0.05) is 36.4 Å². The van der Waals surface area contributed by atoms with E-state index < -0.39 is 11.5 Å². The maximum atomic E-state index is 11.3. The normalized spacial score (nSPS) is 15.9. The Hall–Kier alpha value is -1.61. The fraction of sp³-hybridized carbons (Fsp3) is 0.357. The second kappa shape index (κ2) is 5.64. The number of aliphatic carboxylic acids is 1. The van der Waals surface area contributed by atoms with Crippen molar-refractivity contribution in [1.82, 2.24) is 5.32 Å². The van der Waals surface area contributed by atoms with Crippen molar-refractivity contribution in [2.45, 2.75) is 31.8 Å². The van der Waals surface area contributed by atoms with Gasteiger partial charge >= 0.3 is 5.97 Å². The van der Waals surface area contributed by atoms with E-state index in [1.165, 1.54) is 0 Å². The Bertz CT molecular complexity index is 388. The minimum atomic E-state index is -0.975. The molecule has 92 valence electrons. The summed E-state index contributed by atoms with van der Waals surface area (Å²) < 4.78 is 0. The van der Waals surface area contributed by atoms with Gasteiger partial charge < -0.3 is 5.11 Å². The van der Waals surface area contributed by atoms with Crippen molar-refractivity contribution in [3.8, 4) is 0 Å². The highest BCUT2D eigenvalue weighted by molar-refractivity contribution is 5.78. The summed E-state index contributed by atoms with van der Waals surface area (Å²) in [6.45, 7) is 7.24. The van der Waals surface area contributed by atoms with Crippen LogP contribution in [-0.2, 0) is 4.79 Å². The van der Waals surface area contributed by atoms with Crippen LogP contribution in [0.25, 0.3) is 0 Å². The maximum absolute atomic E-state index is 11.3. The Morgan fingerprint density at radius 2 is 2.12 bits per heavy atom. The van der Waals surface area contributed by atoms with Crippen LogP contribution in [0.3, 0.4) is 0 Å². The lowest BCUT2D eigenvalue weighted by molar-refractivity contribution is -0.144. The SMILES string of the molecule is C=CC[C@@](C)(N[C@@H](C)c1ccccc1)C(=O)O. The zero-order valence-corrected chi connectivity index (χ0v) is 10.3. The molecule has 0 saturated carbocycles. The summed E-state index contributed by atoms with van der Waals surface area (Å²) in [4.78, 5) is 11.3. The summed E-state index contributed by atoms with van der Waals surface area (Å²) >= 11 is 0. The molecule has 2 N–H and O–H groups in total. The second-order valence-electron chi connectivity index (χ2n) is 4.41. The first-order chi connectivity index (χ1) is 7.99. The monoisotopic (exact) mass is 233 g/mol. The molecule has 17 heavy (non-hydrogen) atoms. The van der Waals surface area contributed by atoms with Gasteiger partial charge in [0.25, 0.3) is 0 Å². The van der Waals surface area contributed by atoms with Gasteiger partial charge in [0.05, 0.1) is 0 Å². The van der Waals surface area contributed by atoms with Crippen LogP contribution >= 0.6 is 0 Å². The van der Waals surface area contributed by atoms with Gasteiger partial charge in [0.15, 0.2) is 0 Å². The minimum absolute atomic E-state index is 0.0164. The van der Waals surface area contributed by atoms with E-state index >= 15 is 0 Å². The Kier molecular flexibility index (Phi) is 4.46. The van der Waals surface area contributed by atoms with Crippen LogP contribution in [0, 0.1) is 0 Å². The molecule has 3 nitrogen and oxygen atoms in total. The van der Waals surface area contributed by atoms with E-state index in [1.807, 2.05) is 37.3 Å². The van der Waals surface area contributed by atoms with Gasteiger partial charge in [0, 0.05) is 6.04 Å². The van der Waals surface area contributed by atoms with Crippen LogP contribution in [-0.4, -0.2) is 16.6 Å². The Labute approximate surface area is 102 Å². The van der Waals surface area contributed by atoms with E-state index in [0.29, 0.717) is 6.42 Å². The molecule has 0 aliphatic carbocycles. The first kappa shape index (κ1) is 13.5. The third-order valence-electron chi connectivity index (χ3n) is 2.86. The number of hydrogen-bond acceptors (Lipinski definition) is 2. The van der Waals surface area contributed by atoms with Crippen molar-refractivity contribution in [3.63, 3.8) is 0 Å². The molecule has 0 aliphatic rings. The molecule has 0 spiro atoms. The van der Waals surface area contributed by atoms with E-state index in [9.17, 15) is 9.90 Å². The highest BCUT2D eigenvalue weighted by atomic mass is 16.4. The smallest absolute Gasteiger partial charge is 0.323 e. The summed E-state index contributed by atoms with van der Waals surface area (Å²) in [5, 5.41) is 12.4. The van der Waals surface area contributed by atoms with Gasteiger partial charge in [0.1, 0.15) is 5.54 Å². The molecule has 0 saturated heterocycles. The lowest BCUT2D eigenvalue weighted by atomic mass is 9.95. The standard InChI is InChI=1S/C14H19NO2/c1-4-10-14(3,13(16)17)15-11(2)12-8-6-5-7-9-12/h4-9,11,15H,1,10H2,2-3H3,(H,16,17)/t11-,14+/m0/s1. The average molecular weight is 233 g/mol. The van der Waals surface area contributed by atoms with Crippen molar-refractivity contribution in [3.05, 3.63) is 48.6 Å². The van der Waals surface area contributed by atoms with Crippen LogP contribution in [0.4, 0.5) is 0 Å². The van der Waals surface area contributed by atoms with E-state index in [4.69, 9.17) is 0 Å². The molecule has 1 rings (SSSR count). The van der Waals surface area contributed by atoms with Crippen LogP contribution < -0.4 is 5.32 Å². The molecule has 1 aromatic carbocycles. The molecule has 0 radical (unpaired) electrons. The molecule has 1 aromatic rings. The first-order valence-corrected chi connectivity index (χ1v) is 5.66. The molecule has 0 bridgehead atoms. The van der Waals surface area contributed by atoms with Crippen LogP contribution in [0.15, 0.2) is 43.0 Å². The highest BCUT2D eigenvalue weighted by Gasteiger charge is 2.32. The van der Waals surface area contributed by atoms with Crippen LogP contribution in [0.5, 0.6) is 0 Å². The number of rotatable bonds is 6. The molecule has 0 fully saturated rings. The molecule has 0 aliphatic heterocycles. The Morgan fingerprint density at radius 3 is 2.59 bits per heavy atom. The lowest BCUT2D eigenvalue weighted by Crippen LogP contribution is -2.50. The number of carboxylic acid groups (broad SMARTS) is 1. The topological polar surface area (TPSA) is 49.3 Å². The van der Waals surface area contributed by atoms with E-state index in [2.05, 4.69) is 11.9 Å².